The molecular formula is C22H27ClO7. The van der Waals surface area contributed by atoms with Crippen LogP contribution < -0.4 is 4.74 Å². The molecule has 8 heteroatoms. The van der Waals surface area contributed by atoms with Crippen molar-refractivity contribution < 1.29 is 35.0 Å². The number of halogens is 1. The second-order valence-corrected chi connectivity index (χ2v) is 7.99. The van der Waals surface area contributed by atoms with Crippen LogP contribution in [-0.2, 0) is 11.2 Å². The van der Waals surface area contributed by atoms with Crippen LogP contribution in [-0.4, -0.2) is 69.3 Å². The number of hydrogen-bond donors (Lipinski definition) is 5. The van der Waals surface area contributed by atoms with Crippen molar-refractivity contribution >= 4 is 11.6 Å². The zero-order valence-electron chi connectivity index (χ0n) is 16.6. The summed E-state index contributed by atoms with van der Waals surface area (Å²) >= 11 is 6.36. The number of aliphatic hydroxyl groups excluding tert-OH is 5. The summed E-state index contributed by atoms with van der Waals surface area (Å²) in [6.07, 6.45) is -6.09. The first-order valence-electron chi connectivity index (χ1n) is 9.78. The number of hydrogen-bond acceptors (Lipinski definition) is 7. The maximum absolute atomic E-state index is 10.4. The van der Waals surface area contributed by atoms with E-state index in [2.05, 4.69) is 0 Å². The number of ether oxygens (including phenoxy) is 2. The Balaban J connectivity index is 1.77. The van der Waals surface area contributed by atoms with Gasteiger partial charge in [0.1, 0.15) is 42.9 Å². The van der Waals surface area contributed by atoms with Crippen molar-refractivity contribution in [1.82, 2.24) is 0 Å². The molecule has 164 valence electrons. The van der Waals surface area contributed by atoms with Crippen LogP contribution in [0.2, 0.25) is 5.02 Å². The molecule has 0 radical (unpaired) electrons. The van der Waals surface area contributed by atoms with Gasteiger partial charge >= 0.3 is 0 Å². The van der Waals surface area contributed by atoms with Crippen LogP contribution in [0.3, 0.4) is 0 Å². The highest BCUT2D eigenvalue weighted by Gasteiger charge is 2.44. The Morgan fingerprint density at radius 2 is 1.73 bits per heavy atom. The van der Waals surface area contributed by atoms with E-state index in [1.807, 2.05) is 24.3 Å². The molecule has 0 saturated carbocycles. The second-order valence-electron chi connectivity index (χ2n) is 7.58. The molecule has 2 aromatic rings. The van der Waals surface area contributed by atoms with Gasteiger partial charge in [0.05, 0.1) is 12.7 Å². The summed E-state index contributed by atoms with van der Waals surface area (Å²) in [4.78, 5) is 0. The molecule has 1 heterocycles. The van der Waals surface area contributed by atoms with Crippen molar-refractivity contribution in [2.24, 2.45) is 0 Å². The van der Waals surface area contributed by atoms with E-state index >= 15 is 0 Å². The standard InChI is InChI=1S/C22H27ClO7/c1-12(25)11-29-16-5-2-13(3-6-16)8-15-9-14(4-7-17(15)23)22-21(28)20(27)19(26)18(10-24)30-22/h2-7,9,12,18-22,24-28H,8,10-11H2,1H3/t12-,18-,19-,20+,21-,22+/m1/s1. The Kier molecular flexibility index (Phi) is 7.70. The summed E-state index contributed by atoms with van der Waals surface area (Å²) in [7, 11) is 0. The summed E-state index contributed by atoms with van der Waals surface area (Å²) in [6.45, 7) is 1.39. The molecule has 1 saturated heterocycles. The molecule has 1 aliphatic heterocycles. The van der Waals surface area contributed by atoms with Crippen molar-refractivity contribution in [3.05, 3.63) is 64.2 Å². The fourth-order valence-electron chi connectivity index (χ4n) is 3.42. The molecule has 0 aliphatic carbocycles. The Bertz CT molecular complexity index is 825. The molecule has 0 bridgehead atoms. The summed E-state index contributed by atoms with van der Waals surface area (Å²) in [6, 6.07) is 12.6. The predicted octanol–water partition coefficient (Wildman–Crippen LogP) is 1.21. The number of benzene rings is 2. The molecule has 3 rings (SSSR count). The van der Waals surface area contributed by atoms with Gasteiger partial charge in [0.2, 0.25) is 0 Å². The number of rotatable bonds is 7. The van der Waals surface area contributed by atoms with E-state index in [9.17, 15) is 25.5 Å². The Hall–Kier alpha value is -1.71. The highest BCUT2D eigenvalue weighted by molar-refractivity contribution is 6.31. The third-order valence-corrected chi connectivity index (χ3v) is 5.47. The average molecular weight is 439 g/mol. The van der Waals surface area contributed by atoms with Crippen LogP contribution in [0.1, 0.15) is 29.7 Å². The zero-order chi connectivity index (χ0) is 21.8. The van der Waals surface area contributed by atoms with Crippen LogP contribution in [0, 0.1) is 0 Å². The Morgan fingerprint density at radius 3 is 2.37 bits per heavy atom. The van der Waals surface area contributed by atoms with Crippen molar-refractivity contribution in [2.45, 2.75) is 50.0 Å². The molecule has 5 N–H and O–H groups in total. The lowest BCUT2D eigenvalue weighted by atomic mass is 9.90. The molecule has 6 atom stereocenters. The van der Waals surface area contributed by atoms with E-state index in [1.54, 1.807) is 25.1 Å². The van der Waals surface area contributed by atoms with Crippen molar-refractivity contribution in [1.29, 1.82) is 0 Å². The Labute approximate surface area is 180 Å². The molecule has 2 aromatic carbocycles. The first kappa shape index (κ1) is 23.0. The fraction of sp³-hybridized carbons (Fsp3) is 0.455. The first-order valence-corrected chi connectivity index (χ1v) is 10.2. The molecular weight excluding hydrogens is 412 g/mol. The van der Waals surface area contributed by atoms with Gasteiger partial charge in [-0.1, -0.05) is 35.9 Å². The van der Waals surface area contributed by atoms with Crippen molar-refractivity contribution in [3.63, 3.8) is 0 Å². The zero-order valence-corrected chi connectivity index (χ0v) is 17.3. The van der Waals surface area contributed by atoms with E-state index in [0.717, 1.165) is 11.1 Å². The van der Waals surface area contributed by atoms with E-state index in [1.165, 1.54) is 0 Å². The molecule has 0 amide bonds. The minimum atomic E-state index is -1.44. The summed E-state index contributed by atoms with van der Waals surface area (Å²) in [5.41, 5.74) is 2.36. The van der Waals surface area contributed by atoms with Crippen LogP contribution in [0.4, 0.5) is 0 Å². The molecule has 7 nitrogen and oxygen atoms in total. The van der Waals surface area contributed by atoms with E-state index in [0.29, 0.717) is 22.8 Å². The normalized spacial score (nSPS) is 27.6. The van der Waals surface area contributed by atoms with Crippen LogP contribution in [0.25, 0.3) is 0 Å². The van der Waals surface area contributed by atoms with Gasteiger partial charge in [0, 0.05) is 5.02 Å². The van der Waals surface area contributed by atoms with Crippen molar-refractivity contribution in [2.75, 3.05) is 13.2 Å². The van der Waals surface area contributed by atoms with E-state index in [4.69, 9.17) is 21.1 Å². The topological polar surface area (TPSA) is 120 Å². The molecule has 1 aliphatic rings. The van der Waals surface area contributed by atoms with Crippen LogP contribution >= 0.6 is 11.6 Å². The number of aliphatic hydroxyl groups is 5. The Morgan fingerprint density at radius 1 is 1.03 bits per heavy atom. The second kappa shape index (κ2) is 10.1. The van der Waals surface area contributed by atoms with Gasteiger partial charge in [-0.15, -0.1) is 0 Å². The van der Waals surface area contributed by atoms with Gasteiger partial charge < -0.3 is 35.0 Å². The van der Waals surface area contributed by atoms with Gasteiger partial charge in [-0.2, -0.15) is 0 Å². The highest BCUT2D eigenvalue weighted by Crippen LogP contribution is 2.34. The molecule has 0 spiro atoms. The van der Waals surface area contributed by atoms with Gasteiger partial charge in [0.15, 0.2) is 0 Å². The minimum absolute atomic E-state index is 0.215. The van der Waals surface area contributed by atoms with E-state index < -0.39 is 43.2 Å². The van der Waals surface area contributed by atoms with Gasteiger partial charge in [0.25, 0.3) is 0 Å². The molecule has 0 aromatic heterocycles. The van der Waals surface area contributed by atoms with E-state index in [-0.39, 0.29) is 6.61 Å². The maximum Gasteiger partial charge on any atom is 0.119 e. The summed E-state index contributed by atoms with van der Waals surface area (Å²) in [5.74, 6) is 0.654. The third-order valence-electron chi connectivity index (χ3n) is 5.10. The van der Waals surface area contributed by atoms with Gasteiger partial charge in [-0.25, -0.2) is 0 Å². The molecule has 30 heavy (non-hydrogen) atoms. The predicted molar refractivity (Wildman–Crippen MR) is 111 cm³/mol. The lowest BCUT2D eigenvalue weighted by Gasteiger charge is -2.40. The van der Waals surface area contributed by atoms with Crippen LogP contribution in [0.5, 0.6) is 5.75 Å². The average Bonchev–Trinajstić information content (AvgIpc) is 2.73. The quantitative estimate of drug-likeness (QED) is 0.440. The summed E-state index contributed by atoms with van der Waals surface area (Å²) < 4.78 is 11.1. The lowest BCUT2D eigenvalue weighted by Crippen LogP contribution is -2.55. The summed E-state index contributed by atoms with van der Waals surface area (Å²) in [5, 5.41) is 49.6. The van der Waals surface area contributed by atoms with Crippen LogP contribution in [0.15, 0.2) is 42.5 Å². The van der Waals surface area contributed by atoms with Crippen molar-refractivity contribution in [3.8, 4) is 5.75 Å². The first-order chi connectivity index (χ1) is 14.3. The molecule has 1 fully saturated rings. The lowest BCUT2D eigenvalue weighted by molar-refractivity contribution is -0.231. The monoisotopic (exact) mass is 438 g/mol. The smallest absolute Gasteiger partial charge is 0.119 e. The highest BCUT2D eigenvalue weighted by atomic mass is 35.5. The minimum Gasteiger partial charge on any atom is -0.491 e. The molecule has 0 unspecified atom stereocenters. The largest absolute Gasteiger partial charge is 0.491 e. The third kappa shape index (κ3) is 5.31. The SMILES string of the molecule is C[C@@H](O)COc1ccc(Cc2cc([C@@H]3O[C@H](CO)[C@@H](O)[C@H](O)[C@H]3O)ccc2Cl)cc1. The maximum atomic E-state index is 10.4. The van der Waals surface area contributed by atoms with Gasteiger partial charge in [-0.3, -0.25) is 0 Å². The van der Waals surface area contributed by atoms with Gasteiger partial charge in [-0.05, 0) is 48.2 Å². The fourth-order valence-corrected chi connectivity index (χ4v) is 3.61.